The van der Waals surface area contributed by atoms with E-state index in [0.29, 0.717) is 17.9 Å². The molecule has 0 aliphatic heterocycles. The second-order valence-corrected chi connectivity index (χ2v) is 3.81. The monoisotopic (exact) mass is 246 g/mol. The maximum atomic E-state index is 11.5. The minimum Gasteiger partial charge on any atom is -0.493 e. The highest BCUT2D eigenvalue weighted by molar-refractivity contribution is 5.90. The minimum atomic E-state index is -0.340. The molecule has 5 heteroatoms. The van der Waals surface area contributed by atoms with Crippen molar-refractivity contribution in [2.24, 2.45) is 7.05 Å². The molecule has 0 atom stereocenters. The molecular weight excluding hydrogens is 232 g/mol. The molecule has 1 aromatic carbocycles. The lowest BCUT2D eigenvalue weighted by Gasteiger charge is -2.02. The summed E-state index contributed by atoms with van der Waals surface area (Å²) in [5.74, 6) is -0.243. The zero-order valence-corrected chi connectivity index (χ0v) is 10.3. The van der Waals surface area contributed by atoms with Gasteiger partial charge in [-0.15, -0.1) is 0 Å². The van der Waals surface area contributed by atoms with Gasteiger partial charge in [-0.05, 0) is 19.1 Å². The number of carbonyl (C=O) groups excluding carboxylic acids is 1. The first-order valence-corrected chi connectivity index (χ1v) is 5.62. The Hall–Kier alpha value is -2.30. The van der Waals surface area contributed by atoms with Crippen LogP contribution in [-0.2, 0) is 11.8 Å². The van der Waals surface area contributed by atoms with Gasteiger partial charge in [0, 0.05) is 18.7 Å². The van der Waals surface area contributed by atoms with E-state index in [-0.39, 0.29) is 11.8 Å². The molecule has 94 valence electrons. The van der Waals surface area contributed by atoms with Gasteiger partial charge < -0.3 is 9.84 Å². The van der Waals surface area contributed by atoms with Gasteiger partial charge in [-0.25, -0.2) is 9.48 Å². The number of hydrogen-bond acceptors (Lipinski definition) is 4. The summed E-state index contributed by atoms with van der Waals surface area (Å²) in [6.07, 6.45) is 0. The van der Waals surface area contributed by atoms with E-state index < -0.39 is 0 Å². The van der Waals surface area contributed by atoms with Crippen LogP contribution < -0.4 is 0 Å². The molecule has 0 saturated heterocycles. The molecular formula is C13H14N2O3. The molecule has 0 aliphatic carbocycles. The van der Waals surface area contributed by atoms with Crippen LogP contribution in [0.15, 0.2) is 30.3 Å². The average molecular weight is 246 g/mol. The average Bonchev–Trinajstić information content (AvgIpc) is 2.70. The number of benzene rings is 1. The standard InChI is InChI=1S/C13H14N2O3/c1-3-18-13(17)10-6-4-9(5-7-10)11-8-12(16)15(2)14-11/h4-8,16H,3H2,1-2H3. The van der Waals surface area contributed by atoms with Crippen LogP contribution in [0.2, 0.25) is 0 Å². The first kappa shape index (κ1) is 12.2. The van der Waals surface area contributed by atoms with E-state index in [0.717, 1.165) is 5.56 Å². The fraction of sp³-hybridized carbons (Fsp3) is 0.231. The number of nitrogens with zero attached hydrogens (tertiary/aromatic N) is 2. The van der Waals surface area contributed by atoms with E-state index >= 15 is 0 Å². The van der Waals surface area contributed by atoms with Gasteiger partial charge in [0.15, 0.2) is 0 Å². The molecule has 0 saturated carbocycles. The topological polar surface area (TPSA) is 64.3 Å². The van der Waals surface area contributed by atoms with Gasteiger partial charge >= 0.3 is 5.97 Å². The Morgan fingerprint density at radius 3 is 2.56 bits per heavy atom. The first-order chi connectivity index (χ1) is 8.61. The van der Waals surface area contributed by atoms with E-state index in [1.807, 2.05) is 0 Å². The van der Waals surface area contributed by atoms with Gasteiger partial charge in [0.05, 0.1) is 17.9 Å². The van der Waals surface area contributed by atoms with Crippen molar-refractivity contribution in [3.63, 3.8) is 0 Å². The molecule has 0 aliphatic rings. The molecule has 0 radical (unpaired) electrons. The number of hydrogen-bond donors (Lipinski definition) is 1. The van der Waals surface area contributed by atoms with Crippen LogP contribution in [0, 0.1) is 0 Å². The van der Waals surface area contributed by atoms with Crippen LogP contribution in [0.1, 0.15) is 17.3 Å². The summed E-state index contributed by atoms with van der Waals surface area (Å²) in [7, 11) is 1.66. The Balaban J connectivity index is 2.24. The van der Waals surface area contributed by atoms with E-state index in [1.54, 1.807) is 44.3 Å². The second-order valence-electron chi connectivity index (χ2n) is 3.81. The summed E-state index contributed by atoms with van der Waals surface area (Å²) in [5.41, 5.74) is 1.99. The number of carbonyl (C=O) groups is 1. The van der Waals surface area contributed by atoms with Crippen LogP contribution in [0.3, 0.4) is 0 Å². The number of rotatable bonds is 3. The largest absolute Gasteiger partial charge is 0.493 e. The van der Waals surface area contributed by atoms with Crippen molar-refractivity contribution >= 4 is 5.97 Å². The highest BCUT2D eigenvalue weighted by Gasteiger charge is 2.09. The van der Waals surface area contributed by atoms with Crippen molar-refractivity contribution in [3.05, 3.63) is 35.9 Å². The number of ether oxygens (including phenoxy) is 1. The lowest BCUT2D eigenvalue weighted by molar-refractivity contribution is 0.0526. The predicted octanol–water partition coefficient (Wildman–Crippen LogP) is 1.97. The van der Waals surface area contributed by atoms with Gasteiger partial charge in [0.25, 0.3) is 0 Å². The molecule has 0 fully saturated rings. The van der Waals surface area contributed by atoms with E-state index in [9.17, 15) is 9.90 Å². The lowest BCUT2D eigenvalue weighted by atomic mass is 10.1. The fourth-order valence-corrected chi connectivity index (χ4v) is 1.59. The molecule has 0 spiro atoms. The van der Waals surface area contributed by atoms with Crippen LogP contribution in [-0.4, -0.2) is 27.5 Å². The van der Waals surface area contributed by atoms with E-state index in [4.69, 9.17) is 4.74 Å². The van der Waals surface area contributed by atoms with Crippen LogP contribution in [0.5, 0.6) is 5.88 Å². The maximum absolute atomic E-state index is 11.5. The zero-order valence-electron chi connectivity index (χ0n) is 10.3. The van der Waals surface area contributed by atoms with Crippen LogP contribution in [0.4, 0.5) is 0 Å². The Bertz CT molecular complexity index is 539. The third kappa shape index (κ3) is 2.34. The third-order valence-corrected chi connectivity index (χ3v) is 2.55. The van der Waals surface area contributed by atoms with Crippen molar-refractivity contribution in [1.29, 1.82) is 0 Å². The maximum Gasteiger partial charge on any atom is 0.338 e. The SMILES string of the molecule is CCOC(=O)c1ccc(-c2cc(O)n(C)n2)cc1. The van der Waals surface area contributed by atoms with Crippen molar-refractivity contribution in [2.75, 3.05) is 6.61 Å². The molecule has 1 heterocycles. The van der Waals surface area contributed by atoms with Crippen LogP contribution in [0.25, 0.3) is 11.3 Å². The van der Waals surface area contributed by atoms with Crippen molar-refractivity contribution in [1.82, 2.24) is 9.78 Å². The van der Waals surface area contributed by atoms with Gasteiger partial charge in [-0.1, -0.05) is 12.1 Å². The zero-order chi connectivity index (χ0) is 13.1. The van der Waals surface area contributed by atoms with Crippen molar-refractivity contribution < 1.29 is 14.6 Å². The Morgan fingerprint density at radius 2 is 2.06 bits per heavy atom. The summed E-state index contributed by atoms with van der Waals surface area (Å²) in [6, 6.07) is 8.47. The van der Waals surface area contributed by atoms with Gasteiger partial charge in [0.1, 0.15) is 0 Å². The Labute approximate surface area is 105 Å². The summed E-state index contributed by atoms with van der Waals surface area (Å²) in [6.45, 7) is 2.12. The molecule has 1 N–H and O–H groups in total. The number of aryl methyl sites for hydroxylation is 1. The highest BCUT2D eigenvalue weighted by atomic mass is 16.5. The molecule has 1 aromatic heterocycles. The predicted molar refractivity (Wildman–Crippen MR) is 66.3 cm³/mol. The number of aromatic hydroxyl groups is 1. The number of esters is 1. The summed E-state index contributed by atoms with van der Waals surface area (Å²) < 4.78 is 6.28. The molecule has 2 rings (SSSR count). The second kappa shape index (κ2) is 4.91. The van der Waals surface area contributed by atoms with E-state index in [2.05, 4.69) is 5.10 Å². The summed E-state index contributed by atoms with van der Waals surface area (Å²) in [4.78, 5) is 11.5. The molecule has 18 heavy (non-hydrogen) atoms. The Morgan fingerprint density at radius 1 is 1.39 bits per heavy atom. The molecule has 5 nitrogen and oxygen atoms in total. The van der Waals surface area contributed by atoms with Gasteiger partial charge in [-0.2, -0.15) is 5.10 Å². The van der Waals surface area contributed by atoms with Crippen molar-refractivity contribution in [3.8, 4) is 17.1 Å². The van der Waals surface area contributed by atoms with Gasteiger partial charge in [-0.3, -0.25) is 0 Å². The van der Waals surface area contributed by atoms with Crippen molar-refractivity contribution in [2.45, 2.75) is 6.92 Å². The normalized spacial score (nSPS) is 10.3. The minimum absolute atomic E-state index is 0.0967. The Kier molecular flexibility index (Phi) is 3.32. The molecule has 2 aromatic rings. The smallest absolute Gasteiger partial charge is 0.338 e. The quantitative estimate of drug-likeness (QED) is 0.841. The molecule has 0 bridgehead atoms. The molecule has 0 amide bonds. The molecule has 0 unspecified atom stereocenters. The fourth-order valence-electron chi connectivity index (χ4n) is 1.59. The highest BCUT2D eigenvalue weighted by Crippen LogP contribution is 2.22. The lowest BCUT2D eigenvalue weighted by Crippen LogP contribution is -2.04. The van der Waals surface area contributed by atoms with E-state index in [1.165, 1.54) is 4.68 Å². The first-order valence-electron chi connectivity index (χ1n) is 5.62. The number of aromatic nitrogens is 2. The van der Waals surface area contributed by atoms with Gasteiger partial charge in [0.2, 0.25) is 5.88 Å². The summed E-state index contributed by atoms with van der Waals surface area (Å²) >= 11 is 0. The summed E-state index contributed by atoms with van der Waals surface area (Å²) in [5, 5.41) is 13.6. The third-order valence-electron chi connectivity index (χ3n) is 2.55. The van der Waals surface area contributed by atoms with Crippen LogP contribution >= 0.6 is 0 Å².